The van der Waals surface area contributed by atoms with E-state index in [4.69, 9.17) is 0 Å². The number of halogens is 6. The topological polar surface area (TPSA) is 24.1 Å². The molecule has 0 unspecified atom stereocenters. The standard InChI is InChI=1S/C15H18F6N2/c16-14(17,18)10-7-11(15(19,20)21)9-13(8-10)23-6-4-12-3-1-2-5-22-12/h7-9,12,22-23H,1-6H2/t12-/m1/s1. The summed E-state index contributed by atoms with van der Waals surface area (Å²) < 4.78 is 76.5. The van der Waals surface area contributed by atoms with Crippen molar-refractivity contribution >= 4 is 5.69 Å². The van der Waals surface area contributed by atoms with E-state index in [9.17, 15) is 26.3 Å². The van der Waals surface area contributed by atoms with Crippen LogP contribution >= 0.6 is 0 Å². The predicted octanol–water partition coefficient (Wildman–Crippen LogP) is 4.67. The van der Waals surface area contributed by atoms with Gasteiger partial charge >= 0.3 is 12.4 Å². The molecule has 23 heavy (non-hydrogen) atoms. The molecule has 0 saturated carbocycles. The molecule has 8 heteroatoms. The van der Waals surface area contributed by atoms with E-state index >= 15 is 0 Å². The number of anilines is 1. The number of rotatable bonds is 4. The average Bonchev–Trinajstić information content (AvgIpc) is 2.46. The zero-order valence-electron chi connectivity index (χ0n) is 12.3. The largest absolute Gasteiger partial charge is 0.416 e. The van der Waals surface area contributed by atoms with Crippen LogP contribution in [0.2, 0.25) is 0 Å². The first kappa shape index (κ1) is 17.9. The zero-order valence-corrected chi connectivity index (χ0v) is 12.3. The fourth-order valence-electron chi connectivity index (χ4n) is 2.62. The van der Waals surface area contributed by atoms with Crippen LogP contribution in [0.4, 0.5) is 32.0 Å². The van der Waals surface area contributed by atoms with Crippen LogP contribution in [0.15, 0.2) is 18.2 Å². The van der Waals surface area contributed by atoms with Crippen molar-refractivity contribution in [2.45, 2.75) is 44.1 Å². The Bertz CT molecular complexity index is 485. The summed E-state index contributed by atoms with van der Waals surface area (Å²) in [5.74, 6) is 0. The molecule has 0 bridgehead atoms. The van der Waals surface area contributed by atoms with Crippen molar-refractivity contribution in [2.75, 3.05) is 18.4 Å². The maximum absolute atomic E-state index is 12.7. The van der Waals surface area contributed by atoms with Crippen molar-refractivity contribution in [2.24, 2.45) is 0 Å². The zero-order chi connectivity index (χ0) is 17.1. The lowest BCUT2D eigenvalue weighted by Gasteiger charge is -2.23. The first-order valence-corrected chi connectivity index (χ1v) is 7.43. The molecular weight excluding hydrogens is 322 g/mol. The van der Waals surface area contributed by atoms with E-state index in [1.165, 1.54) is 0 Å². The third-order valence-corrected chi connectivity index (χ3v) is 3.82. The molecule has 1 aliphatic rings. The quantitative estimate of drug-likeness (QED) is 0.779. The van der Waals surface area contributed by atoms with Gasteiger partial charge in [-0.2, -0.15) is 26.3 Å². The van der Waals surface area contributed by atoms with E-state index in [0.717, 1.165) is 25.8 Å². The molecule has 1 aromatic carbocycles. The first-order valence-electron chi connectivity index (χ1n) is 7.43. The minimum atomic E-state index is -4.82. The lowest BCUT2D eigenvalue weighted by molar-refractivity contribution is -0.143. The molecule has 0 aromatic heterocycles. The first-order chi connectivity index (χ1) is 10.7. The van der Waals surface area contributed by atoms with Gasteiger partial charge in [0.25, 0.3) is 0 Å². The van der Waals surface area contributed by atoms with Gasteiger partial charge < -0.3 is 10.6 Å². The van der Waals surface area contributed by atoms with Gasteiger partial charge in [-0.3, -0.25) is 0 Å². The van der Waals surface area contributed by atoms with E-state index in [2.05, 4.69) is 10.6 Å². The van der Waals surface area contributed by atoms with Crippen LogP contribution in [-0.2, 0) is 12.4 Å². The Labute approximate surface area is 130 Å². The van der Waals surface area contributed by atoms with Gasteiger partial charge in [0.2, 0.25) is 0 Å². The number of nitrogens with one attached hydrogen (secondary N) is 2. The van der Waals surface area contributed by atoms with Crippen LogP contribution in [0.1, 0.15) is 36.8 Å². The summed E-state index contributed by atoms with van der Waals surface area (Å²) in [6, 6.07) is 1.81. The minimum absolute atomic E-state index is 0.133. The number of alkyl halides is 6. The normalized spacial score (nSPS) is 19.7. The van der Waals surface area contributed by atoms with Crippen molar-refractivity contribution in [3.05, 3.63) is 29.3 Å². The fourth-order valence-corrected chi connectivity index (χ4v) is 2.62. The highest BCUT2D eigenvalue weighted by Gasteiger charge is 2.36. The van der Waals surface area contributed by atoms with Gasteiger partial charge in [0.05, 0.1) is 11.1 Å². The maximum atomic E-state index is 12.7. The summed E-state index contributed by atoms with van der Waals surface area (Å²) in [4.78, 5) is 0. The summed E-state index contributed by atoms with van der Waals surface area (Å²) in [5.41, 5.74) is -2.76. The molecule has 2 N–H and O–H groups in total. The summed E-state index contributed by atoms with van der Waals surface area (Å²) >= 11 is 0. The van der Waals surface area contributed by atoms with Crippen LogP contribution < -0.4 is 10.6 Å². The Hall–Kier alpha value is -1.44. The average molecular weight is 340 g/mol. The summed E-state index contributed by atoms with van der Waals surface area (Å²) in [5, 5.41) is 5.95. The molecule has 0 aliphatic carbocycles. The highest BCUT2D eigenvalue weighted by Crippen LogP contribution is 2.37. The van der Waals surface area contributed by atoms with Crippen LogP contribution in [0.5, 0.6) is 0 Å². The Morgan fingerprint density at radius 2 is 1.57 bits per heavy atom. The van der Waals surface area contributed by atoms with Gasteiger partial charge in [0.1, 0.15) is 0 Å². The van der Waals surface area contributed by atoms with E-state index < -0.39 is 23.5 Å². The van der Waals surface area contributed by atoms with Crippen LogP contribution in [0, 0.1) is 0 Å². The molecule has 1 aliphatic heterocycles. The molecule has 0 spiro atoms. The second kappa shape index (κ2) is 6.98. The molecule has 130 valence electrons. The molecule has 0 amide bonds. The maximum Gasteiger partial charge on any atom is 0.416 e. The van der Waals surface area contributed by atoms with Gasteiger partial charge in [0, 0.05) is 18.3 Å². The van der Waals surface area contributed by atoms with E-state index in [-0.39, 0.29) is 17.8 Å². The van der Waals surface area contributed by atoms with E-state index in [1.807, 2.05) is 0 Å². The van der Waals surface area contributed by atoms with Crippen LogP contribution in [-0.4, -0.2) is 19.1 Å². The van der Waals surface area contributed by atoms with Crippen molar-refractivity contribution in [1.29, 1.82) is 0 Å². The van der Waals surface area contributed by atoms with Crippen molar-refractivity contribution in [1.82, 2.24) is 5.32 Å². The second-order valence-corrected chi connectivity index (χ2v) is 5.66. The Morgan fingerprint density at radius 1 is 0.957 bits per heavy atom. The predicted molar refractivity (Wildman–Crippen MR) is 75.2 cm³/mol. The van der Waals surface area contributed by atoms with Gasteiger partial charge in [-0.25, -0.2) is 0 Å². The highest BCUT2D eigenvalue weighted by molar-refractivity contribution is 5.50. The lowest BCUT2D eigenvalue weighted by Crippen LogP contribution is -2.35. The molecule has 1 fully saturated rings. The second-order valence-electron chi connectivity index (χ2n) is 5.66. The Kier molecular flexibility index (Phi) is 5.44. The molecule has 1 saturated heterocycles. The molecule has 1 heterocycles. The third-order valence-electron chi connectivity index (χ3n) is 3.82. The number of piperidine rings is 1. The number of benzene rings is 1. The van der Waals surface area contributed by atoms with Gasteiger partial charge in [0.15, 0.2) is 0 Å². The molecule has 0 radical (unpaired) electrons. The highest BCUT2D eigenvalue weighted by atomic mass is 19.4. The molecular formula is C15H18F6N2. The monoisotopic (exact) mass is 340 g/mol. The van der Waals surface area contributed by atoms with Crippen molar-refractivity contribution < 1.29 is 26.3 Å². The van der Waals surface area contributed by atoms with Crippen LogP contribution in [0.3, 0.4) is 0 Å². The lowest BCUT2D eigenvalue weighted by atomic mass is 10.0. The fraction of sp³-hybridized carbons (Fsp3) is 0.600. The molecule has 1 atom stereocenters. The van der Waals surface area contributed by atoms with E-state index in [1.54, 1.807) is 0 Å². The summed E-state index contributed by atoms with van der Waals surface area (Å²) in [7, 11) is 0. The third kappa shape index (κ3) is 5.30. The SMILES string of the molecule is FC(F)(F)c1cc(NCC[C@H]2CCCCN2)cc(C(F)(F)F)c1. The Morgan fingerprint density at radius 3 is 2.04 bits per heavy atom. The smallest absolute Gasteiger partial charge is 0.385 e. The van der Waals surface area contributed by atoms with E-state index in [0.29, 0.717) is 25.1 Å². The van der Waals surface area contributed by atoms with Gasteiger partial charge in [-0.1, -0.05) is 6.42 Å². The summed E-state index contributed by atoms with van der Waals surface area (Å²) in [6.45, 7) is 1.21. The van der Waals surface area contributed by atoms with Crippen LogP contribution in [0.25, 0.3) is 0 Å². The summed E-state index contributed by atoms with van der Waals surface area (Å²) in [6.07, 6.45) is -5.84. The molecule has 2 rings (SSSR count). The van der Waals surface area contributed by atoms with Crippen molar-refractivity contribution in [3.8, 4) is 0 Å². The van der Waals surface area contributed by atoms with Gasteiger partial charge in [-0.15, -0.1) is 0 Å². The Balaban J connectivity index is 2.07. The molecule has 1 aromatic rings. The van der Waals surface area contributed by atoms with Crippen molar-refractivity contribution in [3.63, 3.8) is 0 Å². The number of hydrogen-bond acceptors (Lipinski definition) is 2. The molecule has 2 nitrogen and oxygen atoms in total. The number of hydrogen-bond donors (Lipinski definition) is 2. The minimum Gasteiger partial charge on any atom is -0.385 e. The van der Waals surface area contributed by atoms with Gasteiger partial charge in [-0.05, 0) is 44.0 Å².